The summed E-state index contributed by atoms with van der Waals surface area (Å²) in [5, 5.41) is 0. The second-order valence-electron chi connectivity index (χ2n) is 2.89. The van der Waals surface area contributed by atoms with Crippen LogP contribution in [0.25, 0.3) is 6.08 Å². The van der Waals surface area contributed by atoms with Crippen LogP contribution in [0, 0.1) is 0 Å². The topological polar surface area (TPSA) is 9.23 Å². The standard InChI is InChI=1S/C11H11F3O/c1-3-8-5-6-9(11(12,13)14)7-10(8)15-4-2/h3,5-7H,1,4H2,2H3. The third-order valence-electron chi connectivity index (χ3n) is 1.86. The SMILES string of the molecule is C=Cc1ccc(C(F)(F)F)cc1OCC. The van der Waals surface area contributed by atoms with E-state index in [1.807, 2.05) is 0 Å². The van der Waals surface area contributed by atoms with E-state index >= 15 is 0 Å². The molecular weight excluding hydrogens is 205 g/mol. The highest BCUT2D eigenvalue weighted by Gasteiger charge is 2.31. The average molecular weight is 216 g/mol. The largest absolute Gasteiger partial charge is 0.493 e. The fraction of sp³-hybridized carbons (Fsp3) is 0.273. The first-order chi connectivity index (χ1) is 6.99. The number of ether oxygens (including phenoxy) is 1. The molecule has 0 fully saturated rings. The van der Waals surface area contributed by atoms with Crippen LogP contribution in [0.1, 0.15) is 18.1 Å². The molecule has 0 bridgehead atoms. The summed E-state index contributed by atoms with van der Waals surface area (Å²) in [6.07, 6.45) is -2.88. The molecule has 0 aliphatic heterocycles. The van der Waals surface area contributed by atoms with Crippen LogP contribution in [0.2, 0.25) is 0 Å². The maximum atomic E-state index is 12.4. The molecule has 0 atom stereocenters. The minimum atomic E-state index is -4.34. The zero-order valence-electron chi connectivity index (χ0n) is 8.27. The third-order valence-corrected chi connectivity index (χ3v) is 1.86. The Labute approximate surface area is 86.2 Å². The fourth-order valence-electron chi connectivity index (χ4n) is 1.16. The van der Waals surface area contributed by atoms with Gasteiger partial charge in [0.2, 0.25) is 0 Å². The van der Waals surface area contributed by atoms with E-state index in [0.717, 1.165) is 12.1 Å². The first-order valence-corrected chi connectivity index (χ1v) is 4.45. The number of halogens is 3. The molecule has 0 saturated heterocycles. The van der Waals surface area contributed by atoms with Gasteiger partial charge in [-0.25, -0.2) is 0 Å². The molecule has 1 rings (SSSR count). The minimum Gasteiger partial charge on any atom is -0.493 e. The van der Waals surface area contributed by atoms with Gasteiger partial charge in [0.25, 0.3) is 0 Å². The van der Waals surface area contributed by atoms with Crippen molar-refractivity contribution in [2.75, 3.05) is 6.61 Å². The van der Waals surface area contributed by atoms with Crippen molar-refractivity contribution in [1.82, 2.24) is 0 Å². The fourth-order valence-corrected chi connectivity index (χ4v) is 1.16. The van der Waals surface area contributed by atoms with E-state index in [-0.39, 0.29) is 5.75 Å². The van der Waals surface area contributed by atoms with Gasteiger partial charge in [0.05, 0.1) is 12.2 Å². The zero-order chi connectivity index (χ0) is 11.5. The van der Waals surface area contributed by atoms with Gasteiger partial charge in [-0.15, -0.1) is 0 Å². The predicted octanol–water partition coefficient (Wildman–Crippen LogP) is 3.75. The summed E-state index contributed by atoms with van der Waals surface area (Å²) in [7, 11) is 0. The van der Waals surface area contributed by atoms with Crippen molar-refractivity contribution in [3.8, 4) is 5.75 Å². The second kappa shape index (κ2) is 4.38. The van der Waals surface area contributed by atoms with E-state index < -0.39 is 11.7 Å². The van der Waals surface area contributed by atoms with Crippen molar-refractivity contribution in [3.63, 3.8) is 0 Å². The first kappa shape index (κ1) is 11.6. The van der Waals surface area contributed by atoms with Crippen molar-refractivity contribution in [2.24, 2.45) is 0 Å². The Bertz CT molecular complexity index is 355. The summed E-state index contributed by atoms with van der Waals surface area (Å²) >= 11 is 0. The molecule has 1 aromatic carbocycles. The van der Waals surface area contributed by atoms with Crippen molar-refractivity contribution in [3.05, 3.63) is 35.9 Å². The van der Waals surface area contributed by atoms with Gasteiger partial charge < -0.3 is 4.74 Å². The van der Waals surface area contributed by atoms with Gasteiger partial charge in [0.1, 0.15) is 5.75 Å². The Morgan fingerprint density at radius 2 is 2.07 bits per heavy atom. The van der Waals surface area contributed by atoms with Crippen molar-refractivity contribution in [1.29, 1.82) is 0 Å². The van der Waals surface area contributed by atoms with Crippen LogP contribution in [0.4, 0.5) is 13.2 Å². The molecule has 0 N–H and O–H groups in total. The summed E-state index contributed by atoms with van der Waals surface area (Å²) in [4.78, 5) is 0. The van der Waals surface area contributed by atoms with Crippen LogP contribution >= 0.6 is 0 Å². The molecule has 0 aliphatic rings. The molecule has 82 valence electrons. The van der Waals surface area contributed by atoms with E-state index in [1.54, 1.807) is 6.92 Å². The molecule has 0 spiro atoms. The van der Waals surface area contributed by atoms with Crippen LogP contribution in [-0.2, 0) is 6.18 Å². The summed E-state index contributed by atoms with van der Waals surface area (Å²) in [6, 6.07) is 3.35. The lowest BCUT2D eigenvalue weighted by Crippen LogP contribution is -2.06. The van der Waals surface area contributed by atoms with Crippen LogP contribution in [0.5, 0.6) is 5.75 Å². The molecule has 1 aromatic rings. The van der Waals surface area contributed by atoms with E-state index in [4.69, 9.17) is 4.74 Å². The highest BCUT2D eigenvalue weighted by molar-refractivity contribution is 5.56. The van der Waals surface area contributed by atoms with Crippen LogP contribution in [-0.4, -0.2) is 6.61 Å². The Hall–Kier alpha value is -1.45. The number of benzene rings is 1. The average Bonchev–Trinajstić information content (AvgIpc) is 2.17. The lowest BCUT2D eigenvalue weighted by molar-refractivity contribution is -0.137. The van der Waals surface area contributed by atoms with Crippen LogP contribution < -0.4 is 4.74 Å². The normalized spacial score (nSPS) is 11.2. The molecule has 0 saturated carbocycles. The molecule has 0 unspecified atom stereocenters. The molecule has 4 heteroatoms. The van der Waals surface area contributed by atoms with Crippen LogP contribution in [0.15, 0.2) is 24.8 Å². The van der Waals surface area contributed by atoms with Gasteiger partial charge in [-0.3, -0.25) is 0 Å². The smallest absolute Gasteiger partial charge is 0.416 e. The highest BCUT2D eigenvalue weighted by atomic mass is 19.4. The van der Waals surface area contributed by atoms with Gasteiger partial charge in [0.15, 0.2) is 0 Å². The van der Waals surface area contributed by atoms with E-state index in [0.29, 0.717) is 12.2 Å². The third kappa shape index (κ3) is 2.75. The van der Waals surface area contributed by atoms with Gasteiger partial charge in [-0.2, -0.15) is 13.2 Å². The van der Waals surface area contributed by atoms with Gasteiger partial charge in [0, 0.05) is 5.56 Å². The zero-order valence-corrected chi connectivity index (χ0v) is 8.27. The summed E-state index contributed by atoms with van der Waals surface area (Å²) < 4.78 is 42.2. The second-order valence-corrected chi connectivity index (χ2v) is 2.89. The predicted molar refractivity (Wildman–Crippen MR) is 52.7 cm³/mol. The molecule has 0 aliphatic carbocycles. The number of alkyl halides is 3. The Morgan fingerprint density at radius 3 is 2.53 bits per heavy atom. The first-order valence-electron chi connectivity index (χ1n) is 4.45. The van der Waals surface area contributed by atoms with Crippen molar-refractivity contribution in [2.45, 2.75) is 13.1 Å². The molecule has 0 radical (unpaired) electrons. The quantitative estimate of drug-likeness (QED) is 0.747. The van der Waals surface area contributed by atoms with Crippen molar-refractivity contribution < 1.29 is 17.9 Å². The van der Waals surface area contributed by atoms with Crippen LogP contribution in [0.3, 0.4) is 0 Å². The highest BCUT2D eigenvalue weighted by Crippen LogP contribution is 2.33. The molecule has 15 heavy (non-hydrogen) atoms. The molecular formula is C11H11F3O. The maximum absolute atomic E-state index is 12.4. The summed E-state index contributed by atoms with van der Waals surface area (Å²) in [5.41, 5.74) is -0.151. The number of hydrogen-bond donors (Lipinski definition) is 0. The molecule has 0 heterocycles. The molecule has 0 aromatic heterocycles. The van der Waals surface area contributed by atoms with E-state index in [1.165, 1.54) is 12.1 Å². The monoisotopic (exact) mass is 216 g/mol. The lowest BCUT2D eigenvalue weighted by Gasteiger charge is -2.11. The van der Waals surface area contributed by atoms with Crippen molar-refractivity contribution >= 4 is 6.08 Å². The van der Waals surface area contributed by atoms with E-state index in [2.05, 4.69) is 6.58 Å². The lowest BCUT2D eigenvalue weighted by atomic mass is 10.1. The minimum absolute atomic E-state index is 0.210. The van der Waals surface area contributed by atoms with Gasteiger partial charge in [-0.05, 0) is 19.1 Å². The Kier molecular flexibility index (Phi) is 3.39. The maximum Gasteiger partial charge on any atom is 0.416 e. The van der Waals surface area contributed by atoms with E-state index in [9.17, 15) is 13.2 Å². The Morgan fingerprint density at radius 1 is 1.40 bits per heavy atom. The van der Waals surface area contributed by atoms with Gasteiger partial charge in [-0.1, -0.05) is 18.7 Å². The molecule has 0 amide bonds. The summed E-state index contributed by atoms with van der Waals surface area (Å²) in [6.45, 7) is 5.54. The number of rotatable bonds is 3. The van der Waals surface area contributed by atoms with Gasteiger partial charge >= 0.3 is 6.18 Å². The summed E-state index contributed by atoms with van der Waals surface area (Å²) in [5.74, 6) is 0.210. The molecule has 1 nitrogen and oxygen atoms in total. The number of hydrogen-bond acceptors (Lipinski definition) is 1. The Balaban J connectivity index is 3.15.